The van der Waals surface area contributed by atoms with Gasteiger partial charge in [-0.2, -0.15) is 35.1 Å². The molecule has 0 aliphatic carbocycles. The van der Waals surface area contributed by atoms with Crippen LogP contribution in [0.5, 0.6) is 0 Å². The third kappa shape index (κ3) is 4.24. The van der Waals surface area contributed by atoms with Crippen molar-refractivity contribution in [2.75, 3.05) is 6.61 Å². The largest absolute Gasteiger partial charge is 0.743 e. The van der Waals surface area contributed by atoms with Gasteiger partial charge in [0.15, 0.2) is 10.1 Å². The molecular weight excluding hydrogens is 368 g/mol. The van der Waals surface area contributed by atoms with E-state index >= 15 is 0 Å². The number of alkyl halides is 8. The molecule has 4 nitrogen and oxygen atoms in total. The number of hydrogen-bond donors (Lipinski definition) is 0. The van der Waals surface area contributed by atoms with Crippen LogP contribution >= 0.6 is 0 Å². The number of ether oxygens (including phenoxy) is 1. The van der Waals surface area contributed by atoms with Gasteiger partial charge in [0.05, 0.1) is 12.2 Å². The SMILES string of the molecule is CC(C)(C)OCCC(F)(F)C(F)(F)C(F)(F)C(F)(F)S(=O)(=O)[O-]. The second-order valence-electron chi connectivity index (χ2n) is 5.53. The summed E-state index contributed by atoms with van der Waals surface area (Å²) in [5.41, 5.74) is -1.11. The summed E-state index contributed by atoms with van der Waals surface area (Å²) in [6.07, 6.45) is -2.11. The fourth-order valence-corrected chi connectivity index (χ4v) is 1.65. The van der Waals surface area contributed by atoms with Crippen molar-refractivity contribution in [1.29, 1.82) is 0 Å². The third-order valence-electron chi connectivity index (χ3n) is 2.48. The van der Waals surface area contributed by atoms with E-state index in [1.807, 2.05) is 0 Å². The normalized spacial score (nSPS) is 15.8. The van der Waals surface area contributed by atoms with Gasteiger partial charge in [0.25, 0.3) is 0 Å². The third-order valence-corrected chi connectivity index (χ3v) is 3.37. The van der Waals surface area contributed by atoms with Crippen molar-refractivity contribution in [2.45, 2.75) is 55.8 Å². The van der Waals surface area contributed by atoms with E-state index in [2.05, 4.69) is 4.74 Å². The van der Waals surface area contributed by atoms with Gasteiger partial charge >= 0.3 is 23.0 Å². The van der Waals surface area contributed by atoms with Crippen LogP contribution in [0.1, 0.15) is 27.2 Å². The molecule has 0 heterocycles. The number of hydrogen-bond acceptors (Lipinski definition) is 4. The maximum Gasteiger partial charge on any atom is 0.402 e. The Labute approximate surface area is 126 Å². The minimum Gasteiger partial charge on any atom is -0.743 e. The van der Waals surface area contributed by atoms with Crippen molar-refractivity contribution < 1.29 is 52.8 Å². The highest BCUT2D eigenvalue weighted by molar-refractivity contribution is 7.86. The average molecular weight is 381 g/mol. The first-order valence-corrected chi connectivity index (χ1v) is 7.22. The second kappa shape index (κ2) is 5.99. The lowest BCUT2D eigenvalue weighted by Crippen LogP contribution is -2.64. The maximum atomic E-state index is 13.3. The minimum atomic E-state index is -7.33. The summed E-state index contributed by atoms with van der Waals surface area (Å²) >= 11 is 0. The van der Waals surface area contributed by atoms with E-state index in [9.17, 15) is 48.1 Å². The van der Waals surface area contributed by atoms with Crippen molar-refractivity contribution in [3.05, 3.63) is 0 Å². The van der Waals surface area contributed by atoms with Gasteiger partial charge < -0.3 is 9.29 Å². The van der Waals surface area contributed by atoms with Crippen LogP contribution in [0.25, 0.3) is 0 Å². The molecule has 0 rings (SSSR count). The van der Waals surface area contributed by atoms with Crippen molar-refractivity contribution in [2.24, 2.45) is 0 Å². The zero-order chi connectivity index (χ0) is 19.1. The van der Waals surface area contributed by atoms with Gasteiger partial charge in [0, 0.05) is 6.42 Å². The Morgan fingerprint density at radius 2 is 1.26 bits per heavy atom. The Hall–Kier alpha value is -0.690. The van der Waals surface area contributed by atoms with Crippen molar-refractivity contribution in [1.82, 2.24) is 0 Å². The van der Waals surface area contributed by atoms with Crippen LogP contribution in [0.15, 0.2) is 0 Å². The Balaban J connectivity index is 5.59. The van der Waals surface area contributed by atoms with E-state index in [0.717, 1.165) is 0 Å². The number of rotatable bonds is 7. The highest BCUT2D eigenvalue weighted by Gasteiger charge is 2.82. The van der Waals surface area contributed by atoms with E-state index in [-0.39, 0.29) is 0 Å². The highest BCUT2D eigenvalue weighted by atomic mass is 32.2. The molecule has 0 aromatic carbocycles. The molecule has 13 heteroatoms. The standard InChI is InChI=1S/C10H14F8O4S/c1-6(2,3)22-5-4-7(11,12)8(13,14)9(15,16)10(17,18)23(19,20)21/h4-5H2,1-3H3,(H,19,20,21)/p-1. The van der Waals surface area contributed by atoms with E-state index in [1.165, 1.54) is 20.8 Å². The molecule has 0 spiro atoms. The Morgan fingerprint density at radius 1 is 0.870 bits per heavy atom. The van der Waals surface area contributed by atoms with Crippen LogP contribution < -0.4 is 0 Å². The summed E-state index contributed by atoms with van der Waals surface area (Å²) in [6, 6.07) is 0. The van der Waals surface area contributed by atoms with Gasteiger partial charge in [-0.1, -0.05) is 0 Å². The summed E-state index contributed by atoms with van der Waals surface area (Å²) in [7, 11) is -7.33. The first kappa shape index (κ1) is 22.3. The molecule has 23 heavy (non-hydrogen) atoms. The summed E-state index contributed by atoms with van der Waals surface area (Å²) in [5.74, 6) is -19.7. The second-order valence-corrected chi connectivity index (χ2v) is 6.96. The van der Waals surface area contributed by atoms with E-state index in [4.69, 9.17) is 0 Å². The first-order chi connectivity index (χ1) is 9.71. The average Bonchev–Trinajstić information content (AvgIpc) is 2.24. The van der Waals surface area contributed by atoms with Crippen LogP contribution in [0.2, 0.25) is 0 Å². The van der Waals surface area contributed by atoms with Crippen LogP contribution in [0.4, 0.5) is 35.1 Å². The molecule has 0 aliphatic heterocycles. The van der Waals surface area contributed by atoms with Crippen molar-refractivity contribution in [3.8, 4) is 0 Å². The monoisotopic (exact) mass is 381 g/mol. The van der Waals surface area contributed by atoms with Crippen LogP contribution in [-0.2, 0) is 14.9 Å². The molecule has 0 atom stereocenters. The summed E-state index contributed by atoms with van der Waals surface area (Å²) < 4.78 is 139. The zero-order valence-electron chi connectivity index (χ0n) is 12.0. The van der Waals surface area contributed by atoms with Gasteiger partial charge in [0.2, 0.25) is 0 Å². The predicted octanol–water partition coefficient (Wildman–Crippen LogP) is 3.24. The Bertz CT molecular complexity index is 523. The molecule has 0 unspecified atom stereocenters. The van der Waals surface area contributed by atoms with Crippen LogP contribution in [0, 0.1) is 0 Å². The fraction of sp³-hybridized carbons (Fsp3) is 1.00. The van der Waals surface area contributed by atoms with Crippen LogP contribution in [-0.4, -0.2) is 48.2 Å². The molecule has 0 amide bonds. The molecule has 0 aromatic rings. The fourth-order valence-electron chi connectivity index (χ4n) is 1.21. The molecule has 0 radical (unpaired) electrons. The quantitative estimate of drug-likeness (QED) is 0.502. The lowest BCUT2D eigenvalue weighted by Gasteiger charge is -2.37. The minimum absolute atomic E-state index is 1.11. The smallest absolute Gasteiger partial charge is 0.402 e. The molecule has 0 saturated carbocycles. The van der Waals surface area contributed by atoms with Gasteiger partial charge in [-0.15, -0.1) is 0 Å². The van der Waals surface area contributed by atoms with Crippen molar-refractivity contribution in [3.63, 3.8) is 0 Å². The molecular formula is C10H13F8O4S-. The molecule has 0 bridgehead atoms. The highest BCUT2D eigenvalue weighted by Crippen LogP contribution is 2.54. The predicted molar refractivity (Wildman–Crippen MR) is 59.8 cm³/mol. The Morgan fingerprint density at radius 3 is 1.57 bits per heavy atom. The summed E-state index contributed by atoms with van der Waals surface area (Å²) in [4.78, 5) is 0. The topological polar surface area (TPSA) is 66.4 Å². The molecule has 0 saturated heterocycles. The molecule has 140 valence electrons. The Kier molecular flexibility index (Phi) is 5.81. The van der Waals surface area contributed by atoms with Crippen molar-refractivity contribution >= 4 is 10.1 Å². The summed E-state index contributed by atoms with van der Waals surface area (Å²) in [6.45, 7) is 2.74. The van der Waals surface area contributed by atoms with E-state index < -0.39 is 51.8 Å². The van der Waals surface area contributed by atoms with E-state index in [1.54, 1.807) is 0 Å². The molecule has 0 aromatic heterocycles. The summed E-state index contributed by atoms with van der Waals surface area (Å²) in [5, 5.41) is -6.93. The molecule has 0 aliphatic rings. The number of halogens is 8. The van der Waals surface area contributed by atoms with Gasteiger partial charge in [-0.25, -0.2) is 8.42 Å². The van der Waals surface area contributed by atoms with Crippen LogP contribution in [0.3, 0.4) is 0 Å². The lowest BCUT2D eigenvalue weighted by atomic mass is 10.0. The zero-order valence-corrected chi connectivity index (χ0v) is 12.8. The lowest BCUT2D eigenvalue weighted by molar-refractivity contribution is -0.351. The molecule has 0 N–H and O–H groups in total. The van der Waals surface area contributed by atoms with E-state index in [0.29, 0.717) is 0 Å². The van der Waals surface area contributed by atoms with Gasteiger partial charge in [-0.3, -0.25) is 0 Å². The molecule has 0 fully saturated rings. The first-order valence-electron chi connectivity index (χ1n) is 5.81. The van der Waals surface area contributed by atoms with Gasteiger partial charge in [-0.05, 0) is 20.8 Å². The van der Waals surface area contributed by atoms with Gasteiger partial charge in [0.1, 0.15) is 0 Å². The maximum absolute atomic E-state index is 13.3.